The van der Waals surface area contributed by atoms with Gasteiger partial charge in [-0.15, -0.1) is 0 Å². The first kappa shape index (κ1) is 15.9. The van der Waals surface area contributed by atoms with Crippen LogP contribution in [-0.2, 0) is 18.7 Å². The topological polar surface area (TPSA) is 68.0 Å². The molecular formula is C14H16ClN3O2S. The molecule has 2 aromatic heterocycles. The first-order valence-electron chi connectivity index (χ1n) is 6.63. The van der Waals surface area contributed by atoms with Gasteiger partial charge in [0.15, 0.2) is 0 Å². The number of hydrogen-bond donors (Lipinski definition) is 1. The zero-order chi connectivity index (χ0) is 15.4. The van der Waals surface area contributed by atoms with E-state index in [-0.39, 0.29) is 5.56 Å². The number of carboxylic acid groups (broad SMARTS) is 1. The van der Waals surface area contributed by atoms with Gasteiger partial charge in [-0.25, -0.2) is 9.78 Å². The molecule has 0 aromatic carbocycles. The number of hydrogen-bond acceptors (Lipinski definition) is 4. The van der Waals surface area contributed by atoms with Crippen LogP contribution in [0.15, 0.2) is 23.4 Å². The fourth-order valence-corrected chi connectivity index (χ4v) is 3.26. The summed E-state index contributed by atoms with van der Waals surface area (Å²) in [6, 6.07) is 3.04. The van der Waals surface area contributed by atoms with E-state index in [1.54, 1.807) is 6.07 Å². The lowest BCUT2D eigenvalue weighted by Gasteiger charge is -2.05. The standard InChI is InChI=1S/C14H16ClN3O2S/c1-3-10-13(15)11(18(4-2)17-10)8-21-12-7-9(14(19)20)5-6-16-12/h5-7H,3-4,8H2,1-2H3,(H,19,20). The third kappa shape index (κ3) is 3.57. The summed E-state index contributed by atoms with van der Waals surface area (Å²) in [5.41, 5.74) is 2.07. The molecule has 0 fully saturated rings. The highest BCUT2D eigenvalue weighted by Crippen LogP contribution is 2.28. The van der Waals surface area contributed by atoms with Gasteiger partial charge in [-0.05, 0) is 25.5 Å². The third-order valence-electron chi connectivity index (χ3n) is 3.03. The predicted molar refractivity (Wildman–Crippen MR) is 83.0 cm³/mol. The van der Waals surface area contributed by atoms with E-state index < -0.39 is 5.97 Å². The SMILES string of the molecule is CCc1nn(CC)c(CSc2cc(C(=O)O)ccn2)c1Cl. The summed E-state index contributed by atoms with van der Waals surface area (Å²) in [4.78, 5) is 15.1. The molecule has 7 heteroatoms. The summed E-state index contributed by atoms with van der Waals surface area (Å²) in [5.74, 6) is -0.348. The average molecular weight is 326 g/mol. The van der Waals surface area contributed by atoms with E-state index in [9.17, 15) is 4.79 Å². The number of aromatic nitrogens is 3. The lowest BCUT2D eigenvalue weighted by Crippen LogP contribution is -2.02. The number of nitrogens with zero attached hydrogens (tertiary/aromatic N) is 3. The van der Waals surface area contributed by atoms with Gasteiger partial charge >= 0.3 is 5.97 Å². The quantitative estimate of drug-likeness (QED) is 0.823. The number of rotatable bonds is 6. The lowest BCUT2D eigenvalue weighted by atomic mass is 10.3. The Morgan fingerprint density at radius 1 is 1.48 bits per heavy atom. The van der Waals surface area contributed by atoms with Crippen LogP contribution in [0.2, 0.25) is 5.02 Å². The second-order valence-corrected chi connectivity index (χ2v) is 5.73. The van der Waals surface area contributed by atoms with Crippen molar-refractivity contribution in [2.75, 3.05) is 0 Å². The first-order chi connectivity index (χ1) is 10.1. The molecule has 0 saturated carbocycles. The monoisotopic (exact) mass is 325 g/mol. The Balaban J connectivity index is 2.18. The fraction of sp³-hybridized carbons (Fsp3) is 0.357. The molecule has 1 N–H and O–H groups in total. The van der Waals surface area contributed by atoms with Crippen molar-refractivity contribution in [3.63, 3.8) is 0 Å². The minimum Gasteiger partial charge on any atom is -0.478 e. The van der Waals surface area contributed by atoms with E-state index >= 15 is 0 Å². The molecule has 2 rings (SSSR count). The largest absolute Gasteiger partial charge is 0.478 e. The summed E-state index contributed by atoms with van der Waals surface area (Å²) in [7, 11) is 0. The van der Waals surface area contributed by atoms with E-state index in [4.69, 9.17) is 16.7 Å². The van der Waals surface area contributed by atoms with Crippen molar-refractivity contribution in [3.05, 3.63) is 40.3 Å². The first-order valence-corrected chi connectivity index (χ1v) is 7.99. The normalized spacial score (nSPS) is 10.8. The Bertz CT molecular complexity index is 658. The summed E-state index contributed by atoms with van der Waals surface area (Å²) in [6.07, 6.45) is 2.29. The summed E-state index contributed by atoms with van der Waals surface area (Å²) in [6.45, 7) is 4.78. The molecule has 0 amide bonds. The van der Waals surface area contributed by atoms with Gasteiger partial charge in [0.25, 0.3) is 0 Å². The molecule has 0 aliphatic rings. The van der Waals surface area contributed by atoms with E-state index in [0.717, 1.165) is 24.4 Å². The molecule has 0 atom stereocenters. The third-order valence-corrected chi connectivity index (χ3v) is 4.41. The maximum absolute atomic E-state index is 11.0. The molecule has 2 aromatic rings. The maximum Gasteiger partial charge on any atom is 0.335 e. The lowest BCUT2D eigenvalue weighted by molar-refractivity contribution is 0.0696. The molecule has 2 heterocycles. The van der Waals surface area contributed by atoms with Gasteiger partial charge in [-0.1, -0.05) is 30.3 Å². The smallest absolute Gasteiger partial charge is 0.335 e. The summed E-state index contributed by atoms with van der Waals surface area (Å²) >= 11 is 7.80. The van der Waals surface area contributed by atoms with E-state index in [1.807, 2.05) is 18.5 Å². The molecule has 0 bridgehead atoms. The number of pyridine rings is 1. The average Bonchev–Trinajstić information content (AvgIpc) is 2.81. The Kier molecular flexibility index (Phi) is 5.25. The van der Waals surface area contributed by atoms with Crippen LogP contribution in [0, 0.1) is 0 Å². The number of aromatic carboxylic acids is 1. The molecular weight excluding hydrogens is 310 g/mol. The van der Waals surface area contributed by atoms with Crippen LogP contribution in [-0.4, -0.2) is 25.8 Å². The van der Waals surface area contributed by atoms with Crippen LogP contribution >= 0.6 is 23.4 Å². The molecule has 21 heavy (non-hydrogen) atoms. The predicted octanol–water partition coefficient (Wildman–Crippen LogP) is 3.50. The van der Waals surface area contributed by atoms with Crippen molar-refractivity contribution in [1.82, 2.24) is 14.8 Å². The fourth-order valence-electron chi connectivity index (χ4n) is 1.92. The number of thioether (sulfide) groups is 1. The minimum absolute atomic E-state index is 0.233. The van der Waals surface area contributed by atoms with Gasteiger partial charge in [-0.2, -0.15) is 5.10 Å². The molecule has 0 unspecified atom stereocenters. The van der Waals surface area contributed by atoms with Crippen LogP contribution in [0.4, 0.5) is 0 Å². The van der Waals surface area contributed by atoms with Gasteiger partial charge in [0.2, 0.25) is 0 Å². The zero-order valence-corrected chi connectivity index (χ0v) is 13.4. The Morgan fingerprint density at radius 2 is 2.24 bits per heavy atom. The number of halogens is 1. The molecule has 0 saturated heterocycles. The highest BCUT2D eigenvalue weighted by Gasteiger charge is 2.15. The van der Waals surface area contributed by atoms with Gasteiger partial charge in [0.05, 0.1) is 27.0 Å². The Morgan fingerprint density at radius 3 is 2.86 bits per heavy atom. The van der Waals surface area contributed by atoms with Gasteiger partial charge < -0.3 is 5.11 Å². The molecule has 0 aliphatic heterocycles. The highest BCUT2D eigenvalue weighted by molar-refractivity contribution is 7.98. The van der Waals surface area contributed by atoms with Crippen LogP contribution in [0.25, 0.3) is 0 Å². The number of carboxylic acids is 1. The van der Waals surface area contributed by atoms with Crippen LogP contribution in [0.5, 0.6) is 0 Å². The van der Waals surface area contributed by atoms with E-state index in [1.165, 1.54) is 24.0 Å². The van der Waals surface area contributed by atoms with Crippen LogP contribution < -0.4 is 0 Å². The minimum atomic E-state index is -0.954. The summed E-state index contributed by atoms with van der Waals surface area (Å²) < 4.78 is 1.88. The van der Waals surface area contributed by atoms with E-state index in [0.29, 0.717) is 15.8 Å². The Hall–Kier alpha value is -1.53. The van der Waals surface area contributed by atoms with Crippen molar-refractivity contribution in [2.24, 2.45) is 0 Å². The molecule has 0 aliphatic carbocycles. The van der Waals surface area contributed by atoms with Gasteiger partial charge in [0, 0.05) is 18.5 Å². The molecule has 5 nitrogen and oxygen atoms in total. The van der Waals surface area contributed by atoms with Crippen molar-refractivity contribution >= 4 is 29.3 Å². The van der Waals surface area contributed by atoms with Crippen molar-refractivity contribution in [1.29, 1.82) is 0 Å². The zero-order valence-electron chi connectivity index (χ0n) is 11.8. The van der Waals surface area contributed by atoms with Gasteiger partial charge in [0.1, 0.15) is 0 Å². The number of aryl methyl sites for hydroxylation is 2. The Labute approximate surface area is 132 Å². The van der Waals surface area contributed by atoms with Gasteiger partial charge in [-0.3, -0.25) is 4.68 Å². The molecule has 112 valence electrons. The van der Waals surface area contributed by atoms with Crippen LogP contribution in [0.3, 0.4) is 0 Å². The number of carbonyl (C=O) groups is 1. The van der Waals surface area contributed by atoms with Crippen molar-refractivity contribution in [3.8, 4) is 0 Å². The summed E-state index contributed by atoms with van der Waals surface area (Å²) in [5, 5.41) is 14.8. The molecule has 0 radical (unpaired) electrons. The van der Waals surface area contributed by atoms with Crippen molar-refractivity contribution in [2.45, 2.75) is 37.6 Å². The second-order valence-electron chi connectivity index (χ2n) is 4.35. The van der Waals surface area contributed by atoms with E-state index in [2.05, 4.69) is 10.1 Å². The second kappa shape index (κ2) is 6.95. The highest BCUT2D eigenvalue weighted by atomic mass is 35.5. The van der Waals surface area contributed by atoms with Crippen LogP contribution in [0.1, 0.15) is 35.6 Å². The van der Waals surface area contributed by atoms with Crippen molar-refractivity contribution < 1.29 is 9.90 Å². The maximum atomic E-state index is 11.0. The molecule has 0 spiro atoms.